The minimum atomic E-state index is -4.48. The molecule has 124 valence electrons. The molecule has 9 heteroatoms. The van der Waals surface area contributed by atoms with Gasteiger partial charge in [0.05, 0.1) is 10.8 Å². The van der Waals surface area contributed by atoms with Gasteiger partial charge in [0.1, 0.15) is 6.54 Å². The monoisotopic (exact) mass is 345 g/mol. The summed E-state index contributed by atoms with van der Waals surface area (Å²) in [7, 11) is 0. The predicted octanol–water partition coefficient (Wildman–Crippen LogP) is 4.01. The molecule has 0 saturated carbocycles. The number of benzene rings is 1. The number of thioether (sulfide) groups is 1. The van der Waals surface area contributed by atoms with E-state index in [1.807, 2.05) is 0 Å². The van der Waals surface area contributed by atoms with Crippen molar-refractivity contribution < 1.29 is 31.1 Å². The maximum Gasteiger partial charge on any atom is 0.416 e. The molecule has 1 aromatic carbocycles. The SMILES string of the molecule is CC(SCc1ccc(C(F)(F)F)cc1)C(=O)NCC(F)(F)F. The van der Waals surface area contributed by atoms with Crippen molar-refractivity contribution in [1.82, 2.24) is 5.32 Å². The van der Waals surface area contributed by atoms with Crippen molar-refractivity contribution in [2.45, 2.75) is 30.3 Å². The summed E-state index contributed by atoms with van der Waals surface area (Å²) in [5.74, 6) is -0.548. The van der Waals surface area contributed by atoms with Gasteiger partial charge < -0.3 is 5.32 Å². The number of hydrogen-bond donors (Lipinski definition) is 1. The molecule has 22 heavy (non-hydrogen) atoms. The number of carbonyl (C=O) groups excluding carboxylic acids is 1. The van der Waals surface area contributed by atoms with Crippen molar-refractivity contribution in [3.63, 3.8) is 0 Å². The van der Waals surface area contributed by atoms with Gasteiger partial charge in [0.2, 0.25) is 5.91 Å². The lowest BCUT2D eigenvalue weighted by Crippen LogP contribution is -2.38. The van der Waals surface area contributed by atoms with Gasteiger partial charge in [-0.15, -0.1) is 11.8 Å². The van der Waals surface area contributed by atoms with Gasteiger partial charge in [0.15, 0.2) is 0 Å². The molecule has 0 bridgehead atoms. The van der Waals surface area contributed by atoms with Crippen LogP contribution in [-0.4, -0.2) is 23.9 Å². The number of nitrogens with one attached hydrogen (secondary N) is 1. The Balaban J connectivity index is 2.47. The fourth-order valence-electron chi connectivity index (χ4n) is 1.42. The molecule has 1 atom stereocenters. The van der Waals surface area contributed by atoms with E-state index in [0.29, 0.717) is 5.56 Å². The summed E-state index contributed by atoms with van der Waals surface area (Å²) in [6.45, 7) is 0.0253. The summed E-state index contributed by atoms with van der Waals surface area (Å²) in [5.41, 5.74) is -0.231. The lowest BCUT2D eigenvalue weighted by Gasteiger charge is -2.13. The molecule has 0 radical (unpaired) electrons. The van der Waals surface area contributed by atoms with E-state index in [1.165, 1.54) is 19.1 Å². The van der Waals surface area contributed by atoms with Gasteiger partial charge >= 0.3 is 12.4 Å². The summed E-state index contributed by atoms with van der Waals surface area (Å²) in [4.78, 5) is 11.4. The van der Waals surface area contributed by atoms with Crippen LogP contribution in [0.5, 0.6) is 0 Å². The molecule has 1 N–H and O–H groups in total. The van der Waals surface area contributed by atoms with Crippen LogP contribution in [0.1, 0.15) is 18.1 Å². The van der Waals surface area contributed by atoms with Crippen LogP contribution in [0.4, 0.5) is 26.3 Å². The van der Waals surface area contributed by atoms with Gasteiger partial charge in [-0.3, -0.25) is 4.79 Å². The predicted molar refractivity (Wildman–Crippen MR) is 71.3 cm³/mol. The first-order valence-corrected chi connectivity index (χ1v) is 7.16. The highest BCUT2D eigenvalue weighted by atomic mass is 32.2. The summed E-state index contributed by atoms with van der Waals surface area (Å²) in [6, 6.07) is 4.39. The third-order valence-corrected chi connectivity index (χ3v) is 3.83. The fourth-order valence-corrected chi connectivity index (χ4v) is 2.29. The minimum Gasteiger partial charge on any atom is -0.346 e. The summed E-state index contributed by atoms with van der Waals surface area (Å²) >= 11 is 1.04. The van der Waals surface area contributed by atoms with Crippen LogP contribution >= 0.6 is 11.8 Å². The van der Waals surface area contributed by atoms with Gasteiger partial charge in [0.25, 0.3) is 0 Å². The Morgan fingerprint density at radius 3 is 2.14 bits per heavy atom. The van der Waals surface area contributed by atoms with Crippen LogP contribution in [0, 0.1) is 0 Å². The lowest BCUT2D eigenvalue weighted by molar-refractivity contribution is -0.137. The van der Waals surface area contributed by atoms with E-state index in [1.54, 1.807) is 5.32 Å². The molecular weight excluding hydrogens is 332 g/mol. The van der Waals surface area contributed by atoms with Crippen LogP contribution in [0.25, 0.3) is 0 Å². The van der Waals surface area contributed by atoms with Crippen molar-refractivity contribution in [2.24, 2.45) is 0 Å². The smallest absolute Gasteiger partial charge is 0.346 e. The second kappa shape index (κ2) is 7.26. The molecule has 0 spiro atoms. The Morgan fingerprint density at radius 2 is 1.68 bits per heavy atom. The highest BCUT2D eigenvalue weighted by Gasteiger charge is 2.30. The maximum absolute atomic E-state index is 12.4. The number of amides is 1. The van der Waals surface area contributed by atoms with E-state index in [9.17, 15) is 31.1 Å². The molecule has 1 amide bonds. The second-order valence-corrected chi connectivity index (χ2v) is 5.81. The van der Waals surface area contributed by atoms with E-state index in [0.717, 1.165) is 23.9 Å². The van der Waals surface area contributed by atoms with Gasteiger partial charge in [-0.1, -0.05) is 12.1 Å². The molecule has 2 nitrogen and oxygen atoms in total. The molecule has 0 fully saturated rings. The van der Waals surface area contributed by atoms with Gasteiger partial charge in [-0.25, -0.2) is 0 Å². The average molecular weight is 345 g/mol. The van der Waals surface area contributed by atoms with Crippen LogP contribution in [0.15, 0.2) is 24.3 Å². The molecule has 0 heterocycles. The third-order valence-electron chi connectivity index (χ3n) is 2.61. The van der Waals surface area contributed by atoms with Gasteiger partial charge in [-0.05, 0) is 24.6 Å². The first kappa shape index (κ1) is 18.7. The van der Waals surface area contributed by atoms with Crippen molar-refractivity contribution in [3.05, 3.63) is 35.4 Å². The molecule has 0 aromatic heterocycles. The molecule has 1 rings (SSSR count). The Morgan fingerprint density at radius 1 is 1.14 bits per heavy atom. The second-order valence-electron chi connectivity index (χ2n) is 4.48. The highest BCUT2D eigenvalue weighted by Crippen LogP contribution is 2.29. The van der Waals surface area contributed by atoms with E-state index in [-0.39, 0.29) is 5.75 Å². The quantitative estimate of drug-likeness (QED) is 0.817. The van der Waals surface area contributed by atoms with Gasteiger partial charge in [-0.2, -0.15) is 26.3 Å². The first-order chi connectivity index (χ1) is 9.99. The van der Waals surface area contributed by atoms with E-state index >= 15 is 0 Å². The number of alkyl halides is 6. The summed E-state index contributed by atoms with van der Waals surface area (Å²) < 4.78 is 73.0. The molecule has 0 aliphatic carbocycles. The lowest BCUT2D eigenvalue weighted by atomic mass is 10.1. The van der Waals surface area contributed by atoms with Crippen molar-refractivity contribution in [1.29, 1.82) is 0 Å². The van der Waals surface area contributed by atoms with E-state index < -0.39 is 35.6 Å². The van der Waals surface area contributed by atoms with Crippen LogP contribution < -0.4 is 5.32 Å². The van der Waals surface area contributed by atoms with E-state index in [4.69, 9.17) is 0 Å². The zero-order chi connectivity index (χ0) is 17.0. The normalized spacial score (nSPS) is 13.8. The van der Waals surface area contributed by atoms with Crippen molar-refractivity contribution in [3.8, 4) is 0 Å². The molecule has 1 unspecified atom stereocenters. The molecular formula is C13H13F6NOS. The maximum atomic E-state index is 12.4. The standard InChI is InChI=1S/C13H13F6NOS/c1-8(11(21)20-7-12(14,15)16)22-6-9-2-4-10(5-3-9)13(17,18)19/h2-5,8H,6-7H2,1H3,(H,20,21). The van der Waals surface area contributed by atoms with Crippen LogP contribution in [-0.2, 0) is 16.7 Å². The van der Waals surface area contributed by atoms with Crippen molar-refractivity contribution >= 4 is 17.7 Å². The zero-order valence-corrected chi connectivity index (χ0v) is 12.2. The number of carbonyl (C=O) groups is 1. The minimum absolute atomic E-state index is 0.221. The highest BCUT2D eigenvalue weighted by molar-refractivity contribution is 7.99. The fraction of sp³-hybridized carbons (Fsp3) is 0.462. The Kier molecular flexibility index (Phi) is 6.16. The Labute approximate surface area is 127 Å². The molecule has 0 aliphatic heterocycles. The van der Waals surface area contributed by atoms with Crippen molar-refractivity contribution in [2.75, 3.05) is 6.54 Å². The number of rotatable bonds is 5. The third kappa shape index (κ3) is 6.59. The number of halogens is 6. The topological polar surface area (TPSA) is 29.1 Å². The molecule has 0 aliphatic rings. The zero-order valence-electron chi connectivity index (χ0n) is 11.4. The van der Waals surface area contributed by atoms with Gasteiger partial charge in [0, 0.05) is 5.75 Å². The average Bonchev–Trinajstić information content (AvgIpc) is 2.40. The summed E-state index contributed by atoms with van der Waals surface area (Å²) in [5, 5.41) is 1.01. The number of hydrogen-bond acceptors (Lipinski definition) is 2. The Bertz CT molecular complexity index is 497. The summed E-state index contributed by atoms with van der Waals surface area (Å²) in [6.07, 6.45) is -8.90. The Hall–Kier alpha value is -1.38. The molecule has 0 saturated heterocycles. The van der Waals surface area contributed by atoms with E-state index in [2.05, 4.69) is 0 Å². The van der Waals surface area contributed by atoms with Crippen LogP contribution in [0.2, 0.25) is 0 Å². The largest absolute Gasteiger partial charge is 0.416 e. The first-order valence-electron chi connectivity index (χ1n) is 6.11. The molecule has 1 aromatic rings. The van der Waals surface area contributed by atoms with Crippen LogP contribution in [0.3, 0.4) is 0 Å².